The minimum absolute atomic E-state index is 0.124. The lowest BCUT2D eigenvalue weighted by molar-refractivity contribution is -0.107. The van der Waals surface area contributed by atoms with Crippen LogP contribution in [0.15, 0.2) is 35.2 Å². The molecule has 1 rings (SSSR count). The quantitative estimate of drug-likeness (QED) is 0.359. The summed E-state index contributed by atoms with van der Waals surface area (Å²) >= 11 is 1.68. The van der Waals surface area contributed by atoms with Gasteiger partial charge in [-0.05, 0) is 18.6 Å². The first kappa shape index (κ1) is 14.3. The van der Waals surface area contributed by atoms with Gasteiger partial charge in [-0.1, -0.05) is 57.2 Å². The Hall–Kier alpha value is -0.760. The standard InChI is InChI=1S/C15H22OS/c1-2-3-4-5-7-12-15(13-16)17-14-10-8-6-9-11-14/h6,8-11,13,15H,2-5,7,12H2,1H3. The molecular formula is C15H22OS. The van der Waals surface area contributed by atoms with Crippen LogP contribution in [0.2, 0.25) is 0 Å². The third-order valence-corrected chi connectivity index (χ3v) is 3.97. The average molecular weight is 250 g/mol. The van der Waals surface area contributed by atoms with E-state index in [0.29, 0.717) is 0 Å². The molecule has 0 aliphatic carbocycles. The minimum Gasteiger partial charge on any atom is -0.302 e. The second-order valence-corrected chi connectivity index (χ2v) is 5.62. The molecule has 2 heteroatoms. The van der Waals surface area contributed by atoms with E-state index in [9.17, 15) is 4.79 Å². The summed E-state index contributed by atoms with van der Waals surface area (Å²) in [6, 6.07) is 10.2. The van der Waals surface area contributed by atoms with Crippen LogP contribution in [-0.2, 0) is 4.79 Å². The van der Waals surface area contributed by atoms with Gasteiger partial charge in [-0.3, -0.25) is 0 Å². The highest BCUT2D eigenvalue weighted by atomic mass is 32.2. The summed E-state index contributed by atoms with van der Waals surface area (Å²) in [5, 5.41) is 0.124. The molecule has 0 radical (unpaired) electrons. The Morgan fingerprint density at radius 1 is 1.12 bits per heavy atom. The largest absolute Gasteiger partial charge is 0.302 e. The Morgan fingerprint density at radius 2 is 1.82 bits per heavy atom. The van der Waals surface area contributed by atoms with Gasteiger partial charge in [0, 0.05) is 4.90 Å². The molecule has 0 aliphatic heterocycles. The van der Waals surface area contributed by atoms with Gasteiger partial charge in [-0.15, -0.1) is 11.8 Å². The molecule has 1 aromatic carbocycles. The molecule has 0 aliphatic rings. The Labute approximate surface area is 109 Å². The van der Waals surface area contributed by atoms with Crippen molar-refractivity contribution in [1.82, 2.24) is 0 Å². The van der Waals surface area contributed by atoms with E-state index in [4.69, 9.17) is 0 Å². The monoisotopic (exact) mass is 250 g/mol. The summed E-state index contributed by atoms with van der Waals surface area (Å²) in [7, 11) is 0. The number of aldehydes is 1. The molecule has 0 saturated carbocycles. The van der Waals surface area contributed by atoms with Gasteiger partial charge in [0.05, 0.1) is 5.25 Å². The van der Waals surface area contributed by atoms with Crippen molar-refractivity contribution in [3.05, 3.63) is 30.3 Å². The number of hydrogen-bond donors (Lipinski definition) is 0. The Kier molecular flexibility index (Phi) is 7.81. The maximum absolute atomic E-state index is 11.0. The van der Waals surface area contributed by atoms with Crippen LogP contribution in [0.3, 0.4) is 0 Å². The van der Waals surface area contributed by atoms with Crippen molar-refractivity contribution in [2.45, 2.75) is 55.6 Å². The first-order valence-corrected chi connectivity index (χ1v) is 7.41. The second-order valence-electron chi connectivity index (χ2n) is 4.31. The van der Waals surface area contributed by atoms with Crippen LogP contribution >= 0.6 is 11.8 Å². The number of thioether (sulfide) groups is 1. The number of carbonyl (C=O) groups excluding carboxylic acids is 1. The summed E-state index contributed by atoms with van der Waals surface area (Å²) < 4.78 is 0. The predicted octanol–water partition coefficient (Wildman–Crippen LogP) is 4.71. The van der Waals surface area contributed by atoms with Gasteiger partial charge in [0.25, 0.3) is 0 Å². The SMILES string of the molecule is CCCCCCCC(C=O)Sc1ccccc1. The highest BCUT2D eigenvalue weighted by Crippen LogP contribution is 2.25. The van der Waals surface area contributed by atoms with Crippen molar-refractivity contribution in [3.63, 3.8) is 0 Å². The van der Waals surface area contributed by atoms with Crippen molar-refractivity contribution >= 4 is 18.0 Å². The molecular weight excluding hydrogens is 228 g/mol. The molecule has 0 fully saturated rings. The molecule has 1 unspecified atom stereocenters. The van der Waals surface area contributed by atoms with E-state index in [1.54, 1.807) is 11.8 Å². The number of benzene rings is 1. The molecule has 17 heavy (non-hydrogen) atoms. The van der Waals surface area contributed by atoms with E-state index in [1.165, 1.54) is 37.0 Å². The number of carbonyl (C=O) groups is 1. The molecule has 94 valence electrons. The van der Waals surface area contributed by atoms with Crippen molar-refractivity contribution in [1.29, 1.82) is 0 Å². The number of hydrogen-bond acceptors (Lipinski definition) is 2. The fraction of sp³-hybridized carbons (Fsp3) is 0.533. The van der Waals surface area contributed by atoms with Crippen molar-refractivity contribution in [2.75, 3.05) is 0 Å². The summed E-state index contributed by atoms with van der Waals surface area (Å²) in [4.78, 5) is 12.2. The highest BCUT2D eigenvalue weighted by Gasteiger charge is 2.08. The summed E-state index contributed by atoms with van der Waals surface area (Å²) in [6.45, 7) is 2.22. The molecule has 0 amide bonds. The van der Waals surface area contributed by atoms with Crippen LogP contribution in [0.1, 0.15) is 45.4 Å². The minimum atomic E-state index is 0.124. The molecule has 1 nitrogen and oxygen atoms in total. The van der Waals surface area contributed by atoms with Crippen LogP contribution < -0.4 is 0 Å². The zero-order chi connectivity index (χ0) is 12.3. The molecule has 1 aromatic rings. The van der Waals surface area contributed by atoms with Crippen molar-refractivity contribution < 1.29 is 4.79 Å². The molecule has 1 atom stereocenters. The lowest BCUT2D eigenvalue weighted by Crippen LogP contribution is -2.03. The smallest absolute Gasteiger partial charge is 0.133 e. The van der Waals surface area contributed by atoms with Gasteiger partial charge >= 0.3 is 0 Å². The summed E-state index contributed by atoms with van der Waals surface area (Å²) in [5.74, 6) is 0. The predicted molar refractivity (Wildman–Crippen MR) is 75.5 cm³/mol. The Morgan fingerprint density at radius 3 is 2.47 bits per heavy atom. The molecule has 0 N–H and O–H groups in total. The first-order valence-electron chi connectivity index (χ1n) is 6.53. The zero-order valence-corrected chi connectivity index (χ0v) is 11.4. The van der Waals surface area contributed by atoms with Gasteiger partial charge in [0.1, 0.15) is 6.29 Å². The summed E-state index contributed by atoms with van der Waals surface area (Å²) in [6.07, 6.45) is 8.42. The van der Waals surface area contributed by atoms with Crippen LogP contribution in [0.25, 0.3) is 0 Å². The second kappa shape index (κ2) is 9.29. The van der Waals surface area contributed by atoms with Crippen LogP contribution in [-0.4, -0.2) is 11.5 Å². The van der Waals surface area contributed by atoms with E-state index in [-0.39, 0.29) is 5.25 Å². The third kappa shape index (κ3) is 6.52. The van der Waals surface area contributed by atoms with Crippen molar-refractivity contribution in [3.8, 4) is 0 Å². The topological polar surface area (TPSA) is 17.1 Å². The van der Waals surface area contributed by atoms with Gasteiger partial charge < -0.3 is 4.79 Å². The maximum Gasteiger partial charge on any atom is 0.133 e. The van der Waals surface area contributed by atoms with E-state index in [2.05, 4.69) is 19.1 Å². The normalized spacial score (nSPS) is 12.3. The molecule has 0 aromatic heterocycles. The van der Waals surface area contributed by atoms with Gasteiger partial charge in [-0.25, -0.2) is 0 Å². The molecule has 0 heterocycles. The van der Waals surface area contributed by atoms with Gasteiger partial charge in [0.15, 0.2) is 0 Å². The van der Waals surface area contributed by atoms with Gasteiger partial charge in [-0.2, -0.15) is 0 Å². The van der Waals surface area contributed by atoms with E-state index < -0.39 is 0 Å². The Balaban J connectivity index is 2.22. The van der Waals surface area contributed by atoms with Crippen LogP contribution in [0, 0.1) is 0 Å². The third-order valence-electron chi connectivity index (χ3n) is 2.77. The van der Waals surface area contributed by atoms with E-state index in [1.807, 2.05) is 18.2 Å². The zero-order valence-electron chi connectivity index (χ0n) is 10.6. The fourth-order valence-corrected chi connectivity index (χ4v) is 2.78. The first-order chi connectivity index (χ1) is 8.36. The van der Waals surface area contributed by atoms with Gasteiger partial charge in [0.2, 0.25) is 0 Å². The van der Waals surface area contributed by atoms with E-state index >= 15 is 0 Å². The van der Waals surface area contributed by atoms with Crippen LogP contribution in [0.4, 0.5) is 0 Å². The molecule has 0 saturated heterocycles. The number of unbranched alkanes of at least 4 members (excludes halogenated alkanes) is 4. The molecule has 0 bridgehead atoms. The van der Waals surface area contributed by atoms with E-state index in [0.717, 1.165) is 12.7 Å². The maximum atomic E-state index is 11.0. The Bertz CT molecular complexity index is 297. The fourth-order valence-electron chi connectivity index (χ4n) is 1.78. The van der Waals surface area contributed by atoms with Crippen LogP contribution in [0.5, 0.6) is 0 Å². The lowest BCUT2D eigenvalue weighted by Gasteiger charge is -2.09. The molecule has 0 spiro atoms. The summed E-state index contributed by atoms with van der Waals surface area (Å²) in [5.41, 5.74) is 0. The highest BCUT2D eigenvalue weighted by molar-refractivity contribution is 8.00. The lowest BCUT2D eigenvalue weighted by atomic mass is 10.1. The van der Waals surface area contributed by atoms with Crippen molar-refractivity contribution in [2.24, 2.45) is 0 Å². The average Bonchev–Trinajstić information content (AvgIpc) is 2.38. The number of rotatable bonds is 9.